The van der Waals surface area contributed by atoms with Crippen molar-refractivity contribution in [3.63, 3.8) is 0 Å². The number of pyridine rings is 1. The molecule has 1 aromatic carbocycles. The zero-order valence-corrected chi connectivity index (χ0v) is 12.7. The van der Waals surface area contributed by atoms with Gasteiger partial charge < -0.3 is 15.2 Å². The Labute approximate surface area is 129 Å². The standard InChI is InChI=1S/C16H18N2O2S/c1-19-10-8-12-4-6-14(7-5-12)20-11-13-3-2-9-18-15(13)16(17)21/h2-7,9H,8,10-11H2,1H3,(H2,17,21). The molecular weight excluding hydrogens is 284 g/mol. The van der Waals surface area contributed by atoms with E-state index in [1.165, 1.54) is 5.56 Å². The fourth-order valence-corrected chi connectivity index (χ4v) is 2.09. The van der Waals surface area contributed by atoms with Gasteiger partial charge in [0.05, 0.1) is 6.61 Å². The maximum Gasteiger partial charge on any atom is 0.123 e. The Hall–Kier alpha value is -1.98. The topological polar surface area (TPSA) is 57.4 Å². The largest absolute Gasteiger partial charge is 0.489 e. The first-order valence-corrected chi connectivity index (χ1v) is 7.06. The van der Waals surface area contributed by atoms with E-state index in [2.05, 4.69) is 4.98 Å². The number of nitrogens with two attached hydrogens (primary N) is 1. The molecule has 0 fully saturated rings. The second-order valence-electron chi connectivity index (χ2n) is 4.55. The van der Waals surface area contributed by atoms with Crippen LogP contribution in [-0.4, -0.2) is 23.7 Å². The summed E-state index contributed by atoms with van der Waals surface area (Å²) < 4.78 is 10.8. The van der Waals surface area contributed by atoms with Gasteiger partial charge in [0.25, 0.3) is 0 Å². The maximum atomic E-state index is 5.76. The van der Waals surface area contributed by atoms with Gasteiger partial charge in [0, 0.05) is 18.9 Å². The van der Waals surface area contributed by atoms with Crippen molar-refractivity contribution in [2.75, 3.05) is 13.7 Å². The lowest BCUT2D eigenvalue weighted by Gasteiger charge is -2.10. The lowest BCUT2D eigenvalue weighted by atomic mass is 10.1. The number of benzene rings is 1. The highest BCUT2D eigenvalue weighted by atomic mass is 32.1. The Morgan fingerprint density at radius 2 is 2.00 bits per heavy atom. The summed E-state index contributed by atoms with van der Waals surface area (Å²) in [5.74, 6) is 0.800. The van der Waals surface area contributed by atoms with E-state index in [1.54, 1.807) is 13.3 Å². The first-order chi connectivity index (χ1) is 10.2. The quantitative estimate of drug-likeness (QED) is 0.796. The normalized spacial score (nSPS) is 10.3. The van der Waals surface area contributed by atoms with Crippen molar-refractivity contribution in [1.29, 1.82) is 0 Å². The SMILES string of the molecule is COCCc1ccc(OCc2cccnc2C(N)=S)cc1. The molecule has 0 saturated heterocycles. The molecule has 0 bridgehead atoms. The molecule has 2 rings (SSSR count). The zero-order valence-electron chi connectivity index (χ0n) is 11.9. The molecule has 2 N–H and O–H groups in total. The van der Waals surface area contributed by atoms with E-state index >= 15 is 0 Å². The summed E-state index contributed by atoms with van der Waals surface area (Å²) in [7, 11) is 1.70. The number of ether oxygens (including phenoxy) is 2. The lowest BCUT2D eigenvalue weighted by molar-refractivity contribution is 0.202. The van der Waals surface area contributed by atoms with Crippen LogP contribution >= 0.6 is 12.2 Å². The highest BCUT2D eigenvalue weighted by Gasteiger charge is 2.06. The Morgan fingerprint density at radius 3 is 2.67 bits per heavy atom. The number of hydrogen-bond acceptors (Lipinski definition) is 4. The van der Waals surface area contributed by atoms with Gasteiger partial charge in [0.2, 0.25) is 0 Å². The van der Waals surface area contributed by atoms with Crippen molar-refractivity contribution in [3.8, 4) is 5.75 Å². The molecular formula is C16H18N2O2S. The average molecular weight is 302 g/mol. The monoisotopic (exact) mass is 302 g/mol. The number of rotatable bonds is 7. The van der Waals surface area contributed by atoms with Gasteiger partial charge in [0.15, 0.2) is 0 Å². The Kier molecular flexibility index (Phi) is 5.66. The van der Waals surface area contributed by atoms with Gasteiger partial charge in [-0.3, -0.25) is 4.98 Å². The van der Waals surface area contributed by atoms with Crippen molar-refractivity contribution in [2.45, 2.75) is 13.0 Å². The number of hydrogen-bond donors (Lipinski definition) is 1. The first kappa shape index (κ1) is 15.4. The van der Waals surface area contributed by atoms with Crippen LogP contribution < -0.4 is 10.5 Å². The van der Waals surface area contributed by atoms with E-state index in [1.807, 2.05) is 36.4 Å². The molecule has 110 valence electrons. The summed E-state index contributed by atoms with van der Waals surface area (Å²) in [6.45, 7) is 1.10. The Morgan fingerprint density at radius 1 is 1.24 bits per heavy atom. The van der Waals surface area contributed by atoms with Crippen molar-refractivity contribution in [2.24, 2.45) is 5.73 Å². The van der Waals surface area contributed by atoms with Gasteiger partial charge in [-0.1, -0.05) is 30.4 Å². The molecule has 0 aliphatic carbocycles. The molecule has 0 amide bonds. The fourth-order valence-electron chi connectivity index (χ4n) is 1.91. The molecule has 1 heterocycles. The minimum absolute atomic E-state index is 0.282. The highest BCUT2D eigenvalue weighted by molar-refractivity contribution is 7.80. The molecule has 0 spiro atoms. The number of thiocarbonyl (C=S) groups is 1. The third-order valence-corrected chi connectivity index (χ3v) is 3.23. The van der Waals surface area contributed by atoms with Crippen LogP contribution in [0.3, 0.4) is 0 Å². The van der Waals surface area contributed by atoms with E-state index in [4.69, 9.17) is 27.4 Å². The maximum absolute atomic E-state index is 5.76. The van der Waals surface area contributed by atoms with Crippen LogP contribution in [0.1, 0.15) is 16.8 Å². The van der Waals surface area contributed by atoms with Crippen LogP contribution in [0.4, 0.5) is 0 Å². The molecule has 0 aliphatic heterocycles. The highest BCUT2D eigenvalue weighted by Crippen LogP contribution is 2.15. The second-order valence-corrected chi connectivity index (χ2v) is 4.99. The van der Waals surface area contributed by atoms with Crippen LogP contribution in [0.5, 0.6) is 5.75 Å². The minimum atomic E-state index is 0.282. The summed E-state index contributed by atoms with van der Waals surface area (Å²) in [6.07, 6.45) is 2.56. The summed E-state index contributed by atoms with van der Waals surface area (Å²) in [6, 6.07) is 11.7. The molecule has 1 aromatic heterocycles. The minimum Gasteiger partial charge on any atom is -0.489 e. The average Bonchev–Trinajstić information content (AvgIpc) is 2.52. The third-order valence-electron chi connectivity index (χ3n) is 3.04. The zero-order chi connectivity index (χ0) is 15.1. The van der Waals surface area contributed by atoms with Crippen LogP contribution in [0, 0.1) is 0 Å². The lowest BCUT2D eigenvalue weighted by Crippen LogP contribution is -2.15. The predicted molar refractivity (Wildman–Crippen MR) is 86.5 cm³/mol. The van der Waals surface area contributed by atoms with Crippen molar-refractivity contribution in [1.82, 2.24) is 4.98 Å². The van der Waals surface area contributed by atoms with Gasteiger partial charge in [0.1, 0.15) is 23.0 Å². The third kappa shape index (κ3) is 4.51. The molecule has 5 heteroatoms. The Bertz CT molecular complexity index is 599. The van der Waals surface area contributed by atoms with E-state index in [-0.39, 0.29) is 4.99 Å². The summed E-state index contributed by atoms with van der Waals surface area (Å²) in [4.78, 5) is 4.46. The van der Waals surface area contributed by atoms with E-state index in [9.17, 15) is 0 Å². The summed E-state index contributed by atoms with van der Waals surface area (Å²) in [5, 5.41) is 0. The second kappa shape index (κ2) is 7.71. The molecule has 0 saturated carbocycles. The van der Waals surface area contributed by atoms with Gasteiger partial charge >= 0.3 is 0 Å². The summed E-state index contributed by atoms with van der Waals surface area (Å²) in [5.41, 5.74) is 8.37. The molecule has 4 nitrogen and oxygen atoms in total. The number of aromatic nitrogens is 1. The van der Waals surface area contributed by atoms with Crippen molar-refractivity contribution in [3.05, 3.63) is 59.4 Å². The smallest absolute Gasteiger partial charge is 0.123 e. The van der Waals surface area contributed by atoms with Crippen LogP contribution in [0.25, 0.3) is 0 Å². The summed E-state index contributed by atoms with van der Waals surface area (Å²) >= 11 is 4.99. The van der Waals surface area contributed by atoms with Gasteiger partial charge in [-0.15, -0.1) is 0 Å². The first-order valence-electron chi connectivity index (χ1n) is 6.65. The molecule has 0 radical (unpaired) electrons. The number of nitrogens with zero attached hydrogens (tertiary/aromatic N) is 1. The van der Waals surface area contributed by atoms with E-state index < -0.39 is 0 Å². The van der Waals surface area contributed by atoms with Gasteiger partial charge in [-0.2, -0.15) is 0 Å². The molecule has 2 aromatic rings. The van der Waals surface area contributed by atoms with E-state index in [0.717, 1.165) is 17.7 Å². The predicted octanol–water partition coefficient (Wildman–Crippen LogP) is 2.48. The van der Waals surface area contributed by atoms with Crippen molar-refractivity contribution >= 4 is 17.2 Å². The Balaban J connectivity index is 1.98. The van der Waals surface area contributed by atoms with Crippen LogP contribution in [-0.2, 0) is 17.8 Å². The molecule has 0 unspecified atom stereocenters. The van der Waals surface area contributed by atoms with Crippen molar-refractivity contribution < 1.29 is 9.47 Å². The fraction of sp³-hybridized carbons (Fsp3) is 0.250. The van der Waals surface area contributed by atoms with Crippen LogP contribution in [0.15, 0.2) is 42.6 Å². The number of methoxy groups -OCH3 is 1. The molecule has 0 aliphatic rings. The van der Waals surface area contributed by atoms with Crippen LogP contribution in [0.2, 0.25) is 0 Å². The molecule has 21 heavy (non-hydrogen) atoms. The van der Waals surface area contributed by atoms with E-state index in [0.29, 0.717) is 18.9 Å². The van der Waals surface area contributed by atoms with Gasteiger partial charge in [-0.05, 0) is 30.2 Å². The molecule has 0 atom stereocenters. The van der Waals surface area contributed by atoms with Gasteiger partial charge in [-0.25, -0.2) is 0 Å².